The predicted molar refractivity (Wildman–Crippen MR) is 88.1 cm³/mol. The zero-order valence-electron chi connectivity index (χ0n) is 13.1. The smallest absolute Gasteiger partial charge is 0.274 e. The largest absolute Gasteiger partial charge is 0.508 e. The Morgan fingerprint density at radius 1 is 1.28 bits per heavy atom. The van der Waals surface area contributed by atoms with Crippen LogP contribution in [0.3, 0.4) is 0 Å². The number of imidazole rings is 1. The van der Waals surface area contributed by atoms with Gasteiger partial charge in [0.05, 0.1) is 24.3 Å². The molecule has 0 bridgehead atoms. The number of H-pyrrole nitrogens is 2. The molecule has 0 saturated carbocycles. The highest BCUT2D eigenvalue weighted by atomic mass is 16.3. The van der Waals surface area contributed by atoms with Crippen molar-refractivity contribution < 1.29 is 9.90 Å². The standard InChI is InChI=1S/C17H15N5O3/c23-11-3-1-2-10(6-11)12-7-22(8-14-16(12)19-9-18-14)17(25)13-4-5-15(24)21-20-13/h1-6,9,12,23H,7-8H2,(H,18,19)(H,21,24). The lowest BCUT2D eigenvalue weighted by molar-refractivity contribution is 0.0714. The van der Waals surface area contributed by atoms with E-state index >= 15 is 0 Å². The molecule has 3 heterocycles. The molecule has 1 aliphatic heterocycles. The molecule has 4 rings (SSSR count). The summed E-state index contributed by atoms with van der Waals surface area (Å²) in [6.45, 7) is 0.783. The molecule has 0 spiro atoms. The van der Waals surface area contributed by atoms with Crippen LogP contribution in [0.15, 0.2) is 47.5 Å². The van der Waals surface area contributed by atoms with E-state index in [1.54, 1.807) is 29.4 Å². The molecule has 3 aromatic rings. The zero-order chi connectivity index (χ0) is 17.4. The Hall–Kier alpha value is -3.42. The molecule has 126 valence electrons. The van der Waals surface area contributed by atoms with Gasteiger partial charge >= 0.3 is 0 Å². The topological polar surface area (TPSA) is 115 Å². The van der Waals surface area contributed by atoms with Crippen molar-refractivity contribution in [1.82, 2.24) is 25.1 Å². The lowest BCUT2D eigenvalue weighted by Crippen LogP contribution is -2.39. The summed E-state index contributed by atoms with van der Waals surface area (Å²) in [7, 11) is 0. The molecule has 3 N–H and O–H groups in total. The highest BCUT2D eigenvalue weighted by Crippen LogP contribution is 2.33. The third-order valence-corrected chi connectivity index (χ3v) is 4.29. The van der Waals surface area contributed by atoms with Gasteiger partial charge in [0, 0.05) is 18.5 Å². The number of hydrogen-bond acceptors (Lipinski definition) is 5. The molecule has 1 unspecified atom stereocenters. The van der Waals surface area contributed by atoms with Gasteiger partial charge in [0.2, 0.25) is 0 Å². The number of rotatable bonds is 2. The first-order valence-electron chi connectivity index (χ1n) is 7.78. The number of phenolic OH excluding ortho intramolecular Hbond substituents is 1. The van der Waals surface area contributed by atoms with E-state index in [0.29, 0.717) is 13.1 Å². The quantitative estimate of drug-likeness (QED) is 0.645. The fourth-order valence-electron chi connectivity index (χ4n) is 3.11. The maximum atomic E-state index is 12.7. The molecule has 0 aliphatic carbocycles. The van der Waals surface area contributed by atoms with E-state index in [9.17, 15) is 14.7 Å². The number of amides is 1. The maximum Gasteiger partial charge on any atom is 0.274 e. The number of phenols is 1. The van der Waals surface area contributed by atoms with Gasteiger partial charge in [-0.25, -0.2) is 10.1 Å². The second-order valence-corrected chi connectivity index (χ2v) is 5.91. The Kier molecular flexibility index (Phi) is 3.57. The van der Waals surface area contributed by atoms with Crippen molar-refractivity contribution in [3.63, 3.8) is 0 Å². The summed E-state index contributed by atoms with van der Waals surface area (Å²) in [4.78, 5) is 33.0. The Balaban J connectivity index is 1.69. The van der Waals surface area contributed by atoms with Gasteiger partial charge in [-0.2, -0.15) is 5.10 Å². The number of nitrogens with one attached hydrogen (secondary N) is 2. The van der Waals surface area contributed by atoms with Gasteiger partial charge in [0.15, 0.2) is 0 Å². The van der Waals surface area contributed by atoms with Crippen molar-refractivity contribution in [2.75, 3.05) is 6.54 Å². The summed E-state index contributed by atoms with van der Waals surface area (Å²) < 4.78 is 0. The van der Waals surface area contributed by atoms with E-state index in [2.05, 4.69) is 20.2 Å². The number of fused-ring (bicyclic) bond motifs is 1. The van der Waals surface area contributed by atoms with Crippen LogP contribution < -0.4 is 5.56 Å². The Labute approximate surface area is 142 Å². The van der Waals surface area contributed by atoms with Crippen LogP contribution in [0.2, 0.25) is 0 Å². The maximum absolute atomic E-state index is 12.7. The minimum absolute atomic E-state index is 0.159. The molecule has 2 aromatic heterocycles. The summed E-state index contributed by atoms with van der Waals surface area (Å²) in [6, 6.07) is 9.63. The Bertz CT molecular complexity index is 973. The third kappa shape index (κ3) is 2.78. The monoisotopic (exact) mass is 337 g/mol. The van der Waals surface area contributed by atoms with Crippen molar-refractivity contribution in [2.24, 2.45) is 0 Å². The van der Waals surface area contributed by atoms with Crippen LogP contribution in [-0.2, 0) is 6.54 Å². The summed E-state index contributed by atoms with van der Waals surface area (Å²) in [6.07, 6.45) is 1.60. The fourth-order valence-corrected chi connectivity index (χ4v) is 3.11. The van der Waals surface area contributed by atoms with Crippen molar-refractivity contribution in [1.29, 1.82) is 0 Å². The first-order chi connectivity index (χ1) is 12.1. The summed E-state index contributed by atoms with van der Waals surface area (Å²) in [5.74, 6) is -0.268. The Morgan fingerprint density at radius 2 is 2.16 bits per heavy atom. The normalized spacial score (nSPS) is 16.5. The van der Waals surface area contributed by atoms with Crippen LogP contribution in [0.5, 0.6) is 5.75 Å². The lowest BCUT2D eigenvalue weighted by Gasteiger charge is -2.32. The molecule has 0 fully saturated rings. The van der Waals surface area contributed by atoms with Gasteiger partial charge < -0.3 is 15.0 Å². The minimum atomic E-state index is -0.358. The minimum Gasteiger partial charge on any atom is -0.508 e. The molecule has 8 heteroatoms. The van der Waals surface area contributed by atoms with E-state index in [1.165, 1.54) is 12.1 Å². The number of nitrogens with zero attached hydrogens (tertiary/aromatic N) is 3. The number of carbonyl (C=O) groups is 1. The van der Waals surface area contributed by atoms with E-state index in [4.69, 9.17) is 0 Å². The van der Waals surface area contributed by atoms with E-state index in [0.717, 1.165) is 17.0 Å². The SMILES string of the molecule is O=C(c1ccc(=O)[nH]n1)N1Cc2[nH]cnc2C(c2cccc(O)c2)C1. The fraction of sp³-hybridized carbons (Fsp3) is 0.176. The summed E-state index contributed by atoms with van der Waals surface area (Å²) >= 11 is 0. The van der Waals surface area contributed by atoms with Gasteiger partial charge in [-0.15, -0.1) is 0 Å². The van der Waals surface area contributed by atoms with Gasteiger partial charge in [-0.1, -0.05) is 12.1 Å². The van der Waals surface area contributed by atoms with Crippen LogP contribution in [0, 0.1) is 0 Å². The highest BCUT2D eigenvalue weighted by Gasteiger charge is 2.32. The van der Waals surface area contributed by atoms with Gasteiger partial charge in [0.25, 0.3) is 11.5 Å². The number of aromatic nitrogens is 4. The average Bonchev–Trinajstić information content (AvgIpc) is 3.09. The molecular weight excluding hydrogens is 322 g/mol. The van der Waals surface area contributed by atoms with Gasteiger partial charge in [-0.3, -0.25) is 9.59 Å². The van der Waals surface area contributed by atoms with Crippen molar-refractivity contribution in [3.05, 3.63) is 75.7 Å². The number of aromatic amines is 2. The molecule has 1 aliphatic rings. The highest BCUT2D eigenvalue weighted by molar-refractivity contribution is 5.92. The summed E-state index contributed by atoms with van der Waals surface area (Å²) in [5.41, 5.74) is 2.41. The molecule has 0 radical (unpaired) electrons. The van der Waals surface area contributed by atoms with E-state index in [-0.39, 0.29) is 28.8 Å². The van der Waals surface area contributed by atoms with E-state index < -0.39 is 0 Å². The van der Waals surface area contributed by atoms with Crippen molar-refractivity contribution in [3.8, 4) is 5.75 Å². The van der Waals surface area contributed by atoms with Crippen LogP contribution >= 0.6 is 0 Å². The van der Waals surface area contributed by atoms with Crippen LogP contribution in [0.25, 0.3) is 0 Å². The Morgan fingerprint density at radius 3 is 2.92 bits per heavy atom. The number of carbonyl (C=O) groups excluding carboxylic acids is 1. The van der Waals surface area contributed by atoms with Gasteiger partial charge in [-0.05, 0) is 23.8 Å². The molecule has 8 nitrogen and oxygen atoms in total. The van der Waals surface area contributed by atoms with E-state index in [1.807, 2.05) is 6.07 Å². The molecule has 0 saturated heterocycles. The molecular formula is C17H15N5O3. The lowest BCUT2D eigenvalue weighted by atomic mass is 9.90. The molecule has 1 atom stereocenters. The number of aromatic hydroxyl groups is 1. The second kappa shape index (κ2) is 5.90. The first-order valence-corrected chi connectivity index (χ1v) is 7.78. The number of hydrogen-bond donors (Lipinski definition) is 3. The summed E-state index contributed by atoms with van der Waals surface area (Å²) in [5, 5.41) is 15.9. The average molecular weight is 337 g/mol. The van der Waals surface area contributed by atoms with Crippen LogP contribution in [-0.4, -0.2) is 42.6 Å². The van der Waals surface area contributed by atoms with Crippen molar-refractivity contribution >= 4 is 5.91 Å². The van der Waals surface area contributed by atoms with Crippen molar-refractivity contribution in [2.45, 2.75) is 12.5 Å². The molecule has 1 aromatic carbocycles. The number of benzene rings is 1. The van der Waals surface area contributed by atoms with Crippen LogP contribution in [0.4, 0.5) is 0 Å². The molecule has 1 amide bonds. The molecule has 25 heavy (non-hydrogen) atoms. The predicted octanol–water partition coefficient (Wildman–Crippen LogP) is 0.986. The van der Waals surface area contributed by atoms with Gasteiger partial charge in [0.1, 0.15) is 11.4 Å². The third-order valence-electron chi connectivity index (χ3n) is 4.29. The van der Waals surface area contributed by atoms with Crippen LogP contribution in [0.1, 0.15) is 33.4 Å². The first kappa shape index (κ1) is 15.1. The zero-order valence-corrected chi connectivity index (χ0v) is 13.1. The second-order valence-electron chi connectivity index (χ2n) is 5.91.